The van der Waals surface area contributed by atoms with Crippen LogP contribution in [0.3, 0.4) is 0 Å². The zero-order valence-electron chi connectivity index (χ0n) is 16.3. The van der Waals surface area contributed by atoms with Gasteiger partial charge in [-0.05, 0) is 24.8 Å². The van der Waals surface area contributed by atoms with Gasteiger partial charge in [0.15, 0.2) is 5.16 Å². The van der Waals surface area contributed by atoms with Crippen LogP contribution in [0, 0.1) is 0 Å². The van der Waals surface area contributed by atoms with E-state index in [-0.39, 0.29) is 12.0 Å². The van der Waals surface area contributed by atoms with E-state index < -0.39 is 0 Å². The zero-order valence-corrected chi connectivity index (χ0v) is 17.1. The summed E-state index contributed by atoms with van der Waals surface area (Å²) in [5.41, 5.74) is 1.27. The van der Waals surface area contributed by atoms with Gasteiger partial charge in [-0.1, -0.05) is 42.1 Å². The molecule has 0 unspecified atom stereocenters. The summed E-state index contributed by atoms with van der Waals surface area (Å²) in [6.07, 6.45) is 3.95. The monoisotopic (exact) mass is 404 g/mol. The molecule has 1 aromatic carbocycles. The highest BCUT2D eigenvalue weighted by Crippen LogP contribution is 2.18. The van der Waals surface area contributed by atoms with Crippen LogP contribution in [0.1, 0.15) is 24.2 Å². The van der Waals surface area contributed by atoms with Gasteiger partial charge in [0.2, 0.25) is 5.91 Å². The molecule has 1 N–H and O–H groups in total. The van der Waals surface area contributed by atoms with E-state index in [1.807, 2.05) is 18.2 Å². The van der Waals surface area contributed by atoms with E-state index in [9.17, 15) is 4.79 Å². The number of thioether (sulfide) groups is 1. The number of aryl methyl sites for hydroxylation is 2. The molecule has 8 heteroatoms. The Bertz CT molecular complexity index is 732. The third-order valence-electron chi connectivity index (χ3n) is 4.68. The van der Waals surface area contributed by atoms with Gasteiger partial charge in [-0.2, -0.15) is 0 Å². The molecule has 1 atom stereocenters. The Kier molecular flexibility index (Phi) is 8.32. The number of carbonyl (C=O) groups is 1. The lowest BCUT2D eigenvalue weighted by atomic mass is 10.1. The summed E-state index contributed by atoms with van der Waals surface area (Å²) in [5, 5.41) is 12.4. The minimum Gasteiger partial charge on any atom is -0.383 e. The van der Waals surface area contributed by atoms with E-state index in [1.165, 1.54) is 17.3 Å². The number of carbonyl (C=O) groups excluding carboxylic acids is 1. The highest BCUT2D eigenvalue weighted by Gasteiger charge is 2.17. The molecule has 7 nitrogen and oxygen atoms in total. The van der Waals surface area contributed by atoms with Crippen LogP contribution in [-0.4, -0.2) is 59.4 Å². The summed E-state index contributed by atoms with van der Waals surface area (Å²) in [6.45, 7) is 2.63. The first kappa shape index (κ1) is 20.8. The van der Waals surface area contributed by atoms with Gasteiger partial charge in [0, 0.05) is 33.2 Å². The molecule has 1 fully saturated rings. The second-order valence-corrected chi connectivity index (χ2v) is 7.70. The standard InChI is InChI=1S/C20H28N4O3S/c1-26-13-11-24-18(10-9-16-6-3-2-4-7-16)22-23-20(24)28-15-19(25)21-14-17-8-5-12-27-17/h2-4,6-7,17H,5,8-15H2,1H3,(H,21,25)/t17-/m0/s1. The normalized spacial score (nSPS) is 16.4. The number of benzene rings is 1. The van der Waals surface area contributed by atoms with Crippen molar-refractivity contribution in [3.8, 4) is 0 Å². The Morgan fingerprint density at radius 3 is 2.93 bits per heavy atom. The van der Waals surface area contributed by atoms with Crippen LogP contribution in [0.25, 0.3) is 0 Å². The Balaban J connectivity index is 1.53. The molecule has 1 saturated heterocycles. The first-order valence-corrected chi connectivity index (χ1v) is 10.7. The molecule has 2 aromatic rings. The highest BCUT2D eigenvalue weighted by atomic mass is 32.2. The predicted octanol–water partition coefficient (Wildman–Crippen LogP) is 2.10. The van der Waals surface area contributed by atoms with Gasteiger partial charge in [-0.25, -0.2) is 0 Å². The summed E-state index contributed by atoms with van der Waals surface area (Å²) in [6, 6.07) is 10.3. The van der Waals surface area contributed by atoms with Gasteiger partial charge in [0.25, 0.3) is 0 Å². The second kappa shape index (κ2) is 11.2. The minimum absolute atomic E-state index is 0.00683. The molecule has 28 heavy (non-hydrogen) atoms. The molecule has 1 amide bonds. The van der Waals surface area contributed by atoms with Crippen molar-refractivity contribution in [1.29, 1.82) is 0 Å². The van der Waals surface area contributed by atoms with Crippen molar-refractivity contribution in [1.82, 2.24) is 20.1 Å². The number of hydrogen-bond acceptors (Lipinski definition) is 6. The number of ether oxygens (including phenoxy) is 2. The van der Waals surface area contributed by atoms with Crippen molar-refractivity contribution in [2.45, 2.75) is 43.5 Å². The smallest absolute Gasteiger partial charge is 0.230 e. The Hall–Kier alpha value is -1.90. The largest absolute Gasteiger partial charge is 0.383 e. The third-order valence-corrected chi connectivity index (χ3v) is 5.64. The summed E-state index contributed by atoms with van der Waals surface area (Å²) in [4.78, 5) is 12.1. The van der Waals surface area contributed by atoms with Gasteiger partial charge >= 0.3 is 0 Å². The van der Waals surface area contributed by atoms with Crippen LogP contribution in [0.15, 0.2) is 35.5 Å². The van der Waals surface area contributed by atoms with Gasteiger partial charge in [-0.15, -0.1) is 10.2 Å². The minimum atomic E-state index is -0.00683. The van der Waals surface area contributed by atoms with Crippen molar-refractivity contribution >= 4 is 17.7 Å². The molecule has 3 rings (SSSR count). The maximum absolute atomic E-state index is 12.1. The fourth-order valence-electron chi connectivity index (χ4n) is 3.13. The quantitative estimate of drug-likeness (QED) is 0.578. The molecule has 0 radical (unpaired) electrons. The summed E-state index contributed by atoms with van der Waals surface area (Å²) in [7, 11) is 1.68. The highest BCUT2D eigenvalue weighted by molar-refractivity contribution is 7.99. The molecule has 1 aliphatic rings. The first-order chi connectivity index (χ1) is 13.8. The van der Waals surface area contributed by atoms with E-state index >= 15 is 0 Å². The average Bonchev–Trinajstić information content (AvgIpc) is 3.38. The molecule has 1 aromatic heterocycles. The number of aromatic nitrogens is 3. The van der Waals surface area contributed by atoms with Crippen LogP contribution in [0.5, 0.6) is 0 Å². The zero-order chi connectivity index (χ0) is 19.6. The molecular formula is C20H28N4O3S. The number of rotatable bonds is 11. The van der Waals surface area contributed by atoms with E-state index in [0.717, 1.165) is 43.3 Å². The molecule has 1 aliphatic heterocycles. The van der Waals surface area contributed by atoms with Crippen LogP contribution in [0.4, 0.5) is 0 Å². The van der Waals surface area contributed by atoms with Crippen LogP contribution < -0.4 is 5.32 Å². The summed E-state index contributed by atoms with van der Waals surface area (Å²) in [5.74, 6) is 1.23. The Morgan fingerprint density at radius 1 is 1.32 bits per heavy atom. The second-order valence-electron chi connectivity index (χ2n) is 6.76. The summed E-state index contributed by atoms with van der Waals surface area (Å²) >= 11 is 1.41. The summed E-state index contributed by atoms with van der Waals surface area (Å²) < 4.78 is 12.8. The Labute approximate surface area is 170 Å². The lowest BCUT2D eigenvalue weighted by Crippen LogP contribution is -2.33. The maximum Gasteiger partial charge on any atom is 0.230 e. The number of amides is 1. The number of nitrogens with zero attached hydrogens (tertiary/aromatic N) is 3. The van der Waals surface area contributed by atoms with Gasteiger partial charge < -0.3 is 19.4 Å². The fraction of sp³-hybridized carbons (Fsp3) is 0.550. The fourth-order valence-corrected chi connectivity index (χ4v) is 3.95. The predicted molar refractivity (Wildman–Crippen MR) is 108 cm³/mol. The molecule has 2 heterocycles. The SMILES string of the molecule is COCCn1c(CCc2ccccc2)nnc1SCC(=O)NC[C@@H]1CCCO1. The third kappa shape index (κ3) is 6.32. The lowest BCUT2D eigenvalue weighted by molar-refractivity contribution is -0.119. The Morgan fingerprint density at radius 2 is 2.18 bits per heavy atom. The van der Waals surface area contributed by atoms with Crippen LogP contribution in [0.2, 0.25) is 0 Å². The number of hydrogen-bond donors (Lipinski definition) is 1. The van der Waals surface area contributed by atoms with Crippen molar-refractivity contribution in [2.75, 3.05) is 32.6 Å². The van der Waals surface area contributed by atoms with Crippen molar-refractivity contribution in [3.63, 3.8) is 0 Å². The van der Waals surface area contributed by atoms with Crippen LogP contribution in [-0.2, 0) is 33.7 Å². The van der Waals surface area contributed by atoms with Crippen molar-refractivity contribution < 1.29 is 14.3 Å². The van der Waals surface area contributed by atoms with Gasteiger partial charge in [-0.3, -0.25) is 4.79 Å². The van der Waals surface area contributed by atoms with E-state index in [4.69, 9.17) is 9.47 Å². The first-order valence-electron chi connectivity index (χ1n) is 9.72. The van der Waals surface area contributed by atoms with Crippen molar-refractivity contribution in [2.24, 2.45) is 0 Å². The number of nitrogens with one attached hydrogen (secondary N) is 1. The van der Waals surface area contributed by atoms with E-state index in [0.29, 0.717) is 25.4 Å². The molecule has 152 valence electrons. The van der Waals surface area contributed by atoms with Crippen molar-refractivity contribution in [3.05, 3.63) is 41.7 Å². The molecule has 0 saturated carbocycles. The maximum atomic E-state index is 12.1. The average molecular weight is 405 g/mol. The molecule has 0 bridgehead atoms. The topological polar surface area (TPSA) is 78.3 Å². The lowest BCUT2D eigenvalue weighted by Gasteiger charge is -2.11. The van der Waals surface area contributed by atoms with E-state index in [1.54, 1.807) is 7.11 Å². The van der Waals surface area contributed by atoms with Gasteiger partial charge in [0.1, 0.15) is 5.82 Å². The molecular weight excluding hydrogens is 376 g/mol. The molecule has 0 spiro atoms. The number of methoxy groups -OCH3 is 1. The molecule has 0 aliphatic carbocycles. The van der Waals surface area contributed by atoms with Gasteiger partial charge in [0.05, 0.1) is 18.5 Å². The van der Waals surface area contributed by atoms with E-state index in [2.05, 4.69) is 32.2 Å². The van der Waals surface area contributed by atoms with Crippen LogP contribution >= 0.6 is 11.8 Å².